The van der Waals surface area contributed by atoms with Crippen molar-refractivity contribution in [3.05, 3.63) is 53.1 Å². The number of anilines is 1. The minimum atomic E-state index is -4.45. The molecule has 0 unspecified atom stereocenters. The Bertz CT molecular complexity index is 1070. The number of carbonyl (C=O) groups is 2. The first kappa shape index (κ1) is 25.0. The highest BCUT2D eigenvalue weighted by atomic mass is 35.5. The van der Waals surface area contributed by atoms with Crippen LogP contribution in [-0.4, -0.2) is 50.8 Å². The second-order valence-electron chi connectivity index (χ2n) is 6.13. The van der Waals surface area contributed by atoms with E-state index in [-0.39, 0.29) is 37.8 Å². The molecule has 0 radical (unpaired) electrons. The summed E-state index contributed by atoms with van der Waals surface area (Å²) in [5, 5.41) is 2.34. The van der Waals surface area contributed by atoms with E-state index in [9.17, 15) is 31.2 Å². The number of rotatable bonds is 7. The highest BCUT2D eigenvalue weighted by molar-refractivity contribution is 8.00. The molecule has 13 heteroatoms. The molecule has 7 nitrogen and oxygen atoms in total. The summed E-state index contributed by atoms with van der Waals surface area (Å²) < 4.78 is 67.3. The number of nitrogens with one attached hydrogen (secondary N) is 1. The van der Waals surface area contributed by atoms with Gasteiger partial charge in [0.15, 0.2) is 6.61 Å². The maximum atomic E-state index is 12.3. The number of ether oxygens (including phenoxy) is 1. The number of benzene rings is 2. The van der Waals surface area contributed by atoms with Gasteiger partial charge in [-0.1, -0.05) is 11.6 Å². The molecule has 2 aromatic rings. The molecular formula is C18H16ClF3N2O5S2. The summed E-state index contributed by atoms with van der Waals surface area (Å²) in [6, 6.07) is 8.32. The Hall–Kier alpha value is -2.28. The van der Waals surface area contributed by atoms with Gasteiger partial charge >= 0.3 is 11.5 Å². The van der Waals surface area contributed by atoms with Gasteiger partial charge in [0.25, 0.3) is 5.91 Å². The van der Waals surface area contributed by atoms with Crippen molar-refractivity contribution < 1.29 is 35.9 Å². The van der Waals surface area contributed by atoms with E-state index < -0.39 is 34.0 Å². The van der Waals surface area contributed by atoms with Gasteiger partial charge < -0.3 is 10.1 Å². The molecule has 0 aromatic heterocycles. The summed E-state index contributed by atoms with van der Waals surface area (Å²) in [6.45, 7) is -0.698. The molecule has 0 heterocycles. The van der Waals surface area contributed by atoms with Crippen molar-refractivity contribution in [1.29, 1.82) is 0 Å². The number of hydrogen-bond acceptors (Lipinski definition) is 6. The molecule has 31 heavy (non-hydrogen) atoms. The van der Waals surface area contributed by atoms with E-state index in [1.165, 1.54) is 26.2 Å². The van der Waals surface area contributed by atoms with Crippen molar-refractivity contribution in [2.75, 3.05) is 26.0 Å². The molecule has 2 rings (SSSR count). The van der Waals surface area contributed by atoms with Gasteiger partial charge in [0.1, 0.15) is 4.90 Å². The van der Waals surface area contributed by atoms with Crippen LogP contribution in [0.4, 0.5) is 18.9 Å². The predicted molar refractivity (Wildman–Crippen MR) is 110 cm³/mol. The molecule has 0 fully saturated rings. The van der Waals surface area contributed by atoms with E-state index in [2.05, 4.69) is 5.32 Å². The quantitative estimate of drug-likeness (QED) is 0.460. The Morgan fingerprint density at radius 3 is 2.29 bits per heavy atom. The van der Waals surface area contributed by atoms with Gasteiger partial charge in [-0.15, -0.1) is 0 Å². The van der Waals surface area contributed by atoms with Crippen molar-refractivity contribution in [2.24, 2.45) is 0 Å². The van der Waals surface area contributed by atoms with Crippen molar-refractivity contribution >= 4 is 50.9 Å². The summed E-state index contributed by atoms with van der Waals surface area (Å²) in [6.07, 6.45) is 0. The number of sulfonamides is 1. The summed E-state index contributed by atoms with van der Waals surface area (Å²) in [5.74, 6) is -1.67. The Labute approximate surface area is 185 Å². The molecule has 0 bridgehead atoms. The maximum absolute atomic E-state index is 12.3. The van der Waals surface area contributed by atoms with Crippen molar-refractivity contribution in [3.63, 3.8) is 0 Å². The summed E-state index contributed by atoms with van der Waals surface area (Å²) in [5.41, 5.74) is -4.38. The van der Waals surface area contributed by atoms with Gasteiger partial charge in [0, 0.05) is 24.7 Å². The molecule has 0 saturated heterocycles. The Morgan fingerprint density at radius 1 is 1.13 bits per heavy atom. The summed E-state index contributed by atoms with van der Waals surface area (Å²) >= 11 is 5.60. The minimum absolute atomic E-state index is 0.0368. The molecule has 2 aromatic carbocycles. The average molecular weight is 497 g/mol. The molecular weight excluding hydrogens is 481 g/mol. The number of hydrogen-bond donors (Lipinski definition) is 1. The summed E-state index contributed by atoms with van der Waals surface area (Å²) in [7, 11) is -1.20. The van der Waals surface area contributed by atoms with Crippen molar-refractivity contribution in [3.8, 4) is 0 Å². The molecule has 0 atom stereocenters. The zero-order chi connectivity index (χ0) is 23.4. The van der Waals surface area contributed by atoms with Crippen LogP contribution in [0.3, 0.4) is 0 Å². The zero-order valence-corrected chi connectivity index (χ0v) is 18.5. The number of alkyl halides is 3. The second-order valence-corrected chi connectivity index (χ2v) is 9.80. The van der Waals surface area contributed by atoms with Crippen LogP contribution in [0.5, 0.6) is 0 Å². The molecule has 0 aliphatic rings. The van der Waals surface area contributed by atoms with E-state index in [1.807, 2.05) is 0 Å². The Morgan fingerprint density at radius 2 is 1.74 bits per heavy atom. The first-order valence-corrected chi connectivity index (χ1v) is 11.0. The van der Waals surface area contributed by atoms with Crippen LogP contribution in [0, 0.1) is 0 Å². The summed E-state index contributed by atoms with van der Waals surface area (Å²) in [4.78, 5) is 23.7. The van der Waals surface area contributed by atoms with Crippen LogP contribution in [-0.2, 0) is 19.6 Å². The first-order valence-electron chi connectivity index (χ1n) is 8.34. The lowest BCUT2D eigenvalue weighted by Crippen LogP contribution is -2.23. The SMILES string of the molecule is CN(C)S(=O)(=O)c1cc(NC(=O)COC(=O)c2ccc(SC(F)(F)F)cc2)ccc1Cl. The number of halogens is 4. The lowest BCUT2D eigenvalue weighted by atomic mass is 10.2. The van der Waals surface area contributed by atoms with Crippen LogP contribution < -0.4 is 5.32 Å². The second kappa shape index (κ2) is 9.90. The Balaban J connectivity index is 1.99. The normalized spacial score (nSPS) is 12.0. The van der Waals surface area contributed by atoms with Crippen LogP contribution >= 0.6 is 23.4 Å². The van der Waals surface area contributed by atoms with E-state index in [4.69, 9.17) is 16.3 Å². The molecule has 0 saturated carbocycles. The van der Waals surface area contributed by atoms with E-state index >= 15 is 0 Å². The topological polar surface area (TPSA) is 92.8 Å². The molecule has 0 spiro atoms. The van der Waals surface area contributed by atoms with E-state index in [0.717, 1.165) is 34.6 Å². The molecule has 0 aliphatic heterocycles. The maximum Gasteiger partial charge on any atom is 0.446 e. The number of carbonyl (C=O) groups excluding carboxylic acids is 2. The fourth-order valence-corrected chi connectivity index (χ4v) is 4.11. The molecule has 168 valence electrons. The zero-order valence-electron chi connectivity index (χ0n) is 16.1. The van der Waals surface area contributed by atoms with Crippen molar-refractivity contribution in [1.82, 2.24) is 4.31 Å². The van der Waals surface area contributed by atoms with Crippen molar-refractivity contribution in [2.45, 2.75) is 15.3 Å². The third-order valence-electron chi connectivity index (χ3n) is 3.63. The van der Waals surface area contributed by atoms with E-state index in [0.29, 0.717) is 0 Å². The fourth-order valence-electron chi connectivity index (χ4n) is 2.18. The van der Waals surface area contributed by atoms with Gasteiger partial charge in [0.2, 0.25) is 10.0 Å². The largest absolute Gasteiger partial charge is 0.452 e. The van der Waals surface area contributed by atoms with Gasteiger partial charge in [-0.25, -0.2) is 17.5 Å². The third kappa shape index (κ3) is 7.13. The average Bonchev–Trinajstić information content (AvgIpc) is 2.66. The standard InChI is InChI=1S/C18H16ClF3N2O5S2/c1-24(2)31(27,28)15-9-12(5-8-14(15)19)23-16(25)10-29-17(26)11-3-6-13(7-4-11)30-18(20,21)22/h3-9H,10H2,1-2H3,(H,23,25). The van der Waals surface area contributed by atoms with Gasteiger partial charge in [-0.05, 0) is 54.2 Å². The Kier molecular flexibility index (Phi) is 7.98. The lowest BCUT2D eigenvalue weighted by Gasteiger charge is -2.14. The van der Waals surface area contributed by atoms with Gasteiger partial charge in [-0.3, -0.25) is 4.79 Å². The van der Waals surface area contributed by atoms with Gasteiger partial charge in [-0.2, -0.15) is 13.2 Å². The number of nitrogens with zero attached hydrogens (tertiary/aromatic N) is 1. The van der Waals surface area contributed by atoms with Gasteiger partial charge in [0.05, 0.1) is 10.6 Å². The molecule has 1 amide bonds. The highest BCUT2D eigenvalue weighted by Gasteiger charge is 2.29. The first-order chi connectivity index (χ1) is 14.3. The predicted octanol–water partition coefficient (Wildman–Crippen LogP) is 4.00. The number of esters is 1. The fraction of sp³-hybridized carbons (Fsp3) is 0.222. The van der Waals surface area contributed by atoms with E-state index in [1.54, 1.807) is 0 Å². The lowest BCUT2D eigenvalue weighted by molar-refractivity contribution is -0.119. The van der Waals surface area contributed by atoms with Crippen LogP contribution in [0.2, 0.25) is 5.02 Å². The number of thioether (sulfide) groups is 1. The smallest absolute Gasteiger partial charge is 0.446 e. The van der Waals surface area contributed by atoms with Crippen LogP contribution in [0.1, 0.15) is 10.4 Å². The number of amides is 1. The third-order valence-corrected chi connectivity index (χ3v) is 6.67. The minimum Gasteiger partial charge on any atom is -0.452 e. The van der Waals surface area contributed by atoms with Crippen LogP contribution in [0.25, 0.3) is 0 Å². The monoisotopic (exact) mass is 496 g/mol. The molecule has 0 aliphatic carbocycles. The highest BCUT2D eigenvalue weighted by Crippen LogP contribution is 2.36. The van der Waals surface area contributed by atoms with Crippen LogP contribution in [0.15, 0.2) is 52.3 Å². The molecule has 1 N–H and O–H groups in total.